The second kappa shape index (κ2) is 11.4. The predicted molar refractivity (Wildman–Crippen MR) is 139 cm³/mol. The molecule has 200 valence electrons. The molecule has 0 spiro atoms. The molecular formula is C29H38N2O6. The van der Waals surface area contributed by atoms with Crippen molar-refractivity contribution in [2.75, 3.05) is 26.2 Å². The molecule has 2 heterocycles. The number of aliphatic hydroxyl groups is 1. The number of ether oxygens (including phenoxy) is 3. The van der Waals surface area contributed by atoms with E-state index in [1.165, 1.54) is 0 Å². The molecule has 0 radical (unpaired) electrons. The van der Waals surface area contributed by atoms with Crippen LogP contribution in [-0.4, -0.2) is 65.0 Å². The first kappa shape index (κ1) is 26.8. The molecule has 8 heteroatoms. The maximum absolute atomic E-state index is 12.4. The summed E-state index contributed by atoms with van der Waals surface area (Å²) in [5.41, 5.74) is 0.267. The van der Waals surface area contributed by atoms with Crippen molar-refractivity contribution in [1.82, 2.24) is 9.80 Å². The second-order valence-corrected chi connectivity index (χ2v) is 10.9. The third-order valence-corrected chi connectivity index (χ3v) is 6.84. The van der Waals surface area contributed by atoms with Crippen molar-refractivity contribution in [3.8, 4) is 5.75 Å². The second-order valence-electron chi connectivity index (χ2n) is 10.9. The summed E-state index contributed by atoms with van der Waals surface area (Å²) in [6.45, 7) is 7.89. The van der Waals surface area contributed by atoms with Crippen molar-refractivity contribution in [3.05, 3.63) is 65.7 Å². The monoisotopic (exact) mass is 510 g/mol. The molecule has 0 bridgehead atoms. The van der Waals surface area contributed by atoms with Crippen LogP contribution in [0, 0.1) is 0 Å². The van der Waals surface area contributed by atoms with Gasteiger partial charge in [-0.25, -0.2) is 9.59 Å². The zero-order valence-corrected chi connectivity index (χ0v) is 22.0. The van der Waals surface area contributed by atoms with E-state index in [9.17, 15) is 14.7 Å². The van der Waals surface area contributed by atoms with Gasteiger partial charge in [0, 0.05) is 39.0 Å². The number of rotatable bonds is 5. The molecule has 2 aliphatic rings. The molecule has 2 saturated heterocycles. The number of likely N-dealkylation sites (tertiary alicyclic amines) is 2. The third-order valence-electron chi connectivity index (χ3n) is 6.84. The van der Waals surface area contributed by atoms with Crippen molar-refractivity contribution in [2.45, 2.75) is 70.4 Å². The maximum Gasteiger partial charge on any atom is 0.410 e. The zero-order chi connectivity index (χ0) is 26.5. The summed E-state index contributed by atoms with van der Waals surface area (Å²) < 4.78 is 17.0. The van der Waals surface area contributed by atoms with Gasteiger partial charge in [0.2, 0.25) is 0 Å². The molecule has 37 heavy (non-hydrogen) atoms. The van der Waals surface area contributed by atoms with Crippen LogP contribution in [0.4, 0.5) is 9.59 Å². The number of amides is 2. The molecule has 0 atom stereocenters. The van der Waals surface area contributed by atoms with Gasteiger partial charge in [-0.3, -0.25) is 0 Å². The smallest absolute Gasteiger partial charge is 0.410 e. The van der Waals surface area contributed by atoms with Crippen LogP contribution in [0.25, 0.3) is 0 Å². The molecule has 2 fully saturated rings. The first-order valence-corrected chi connectivity index (χ1v) is 13.0. The van der Waals surface area contributed by atoms with Crippen molar-refractivity contribution in [1.29, 1.82) is 0 Å². The van der Waals surface area contributed by atoms with Crippen molar-refractivity contribution in [2.24, 2.45) is 0 Å². The Labute approximate surface area is 219 Å². The number of hydrogen-bond acceptors (Lipinski definition) is 6. The Kier molecular flexibility index (Phi) is 8.27. The van der Waals surface area contributed by atoms with Crippen molar-refractivity contribution < 1.29 is 28.9 Å². The van der Waals surface area contributed by atoms with Gasteiger partial charge in [0.05, 0.1) is 5.60 Å². The molecule has 0 aliphatic carbocycles. The first-order chi connectivity index (χ1) is 17.6. The lowest BCUT2D eigenvalue weighted by molar-refractivity contribution is -0.0255. The Hall–Kier alpha value is -3.26. The Bertz CT molecular complexity index is 1030. The molecule has 2 aromatic carbocycles. The van der Waals surface area contributed by atoms with Gasteiger partial charge >= 0.3 is 12.2 Å². The van der Waals surface area contributed by atoms with Crippen LogP contribution in [-0.2, 0) is 21.7 Å². The average Bonchev–Trinajstić information content (AvgIpc) is 2.88. The minimum absolute atomic E-state index is 0.0257. The highest BCUT2D eigenvalue weighted by Crippen LogP contribution is 2.34. The minimum atomic E-state index is -0.993. The summed E-state index contributed by atoms with van der Waals surface area (Å²) in [4.78, 5) is 28.1. The molecule has 2 aliphatic heterocycles. The van der Waals surface area contributed by atoms with Gasteiger partial charge in [-0.05, 0) is 56.9 Å². The Morgan fingerprint density at radius 3 is 2.08 bits per heavy atom. The van der Waals surface area contributed by atoms with Crippen LogP contribution >= 0.6 is 0 Å². The van der Waals surface area contributed by atoms with Crippen LogP contribution in [0.1, 0.15) is 57.6 Å². The lowest BCUT2D eigenvalue weighted by atomic mass is 9.84. The number of hydrogen-bond donors (Lipinski definition) is 1. The van der Waals surface area contributed by atoms with E-state index in [1.54, 1.807) is 9.80 Å². The molecule has 2 amide bonds. The maximum atomic E-state index is 12.4. The fourth-order valence-corrected chi connectivity index (χ4v) is 4.68. The summed E-state index contributed by atoms with van der Waals surface area (Å²) in [6, 6.07) is 17.1. The first-order valence-electron chi connectivity index (χ1n) is 13.0. The summed E-state index contributed by atoms with van der Waals surface area (Å²) in [5, 5.41) is 11.3. The van der Waals surface area contributed by atoms with E-state index in [0.29, 0.717) is 39.0 Å². The van der Waals surface area contributed by atoms with Crippen LogP contribution in [0.5, 0.6) is 5.75 Å². The van der Waals surface area contributed by atoms with E-state index in [2.05, 4.69) is 0 Å². The molecule has 0 aromatic heterocycles. The molecule has 1 N–H and O–H groups in total. The van der Waals surface area contributed by atoms with E-state index in [-0.39, 0.29) is 24.9 Å². The van der Waals surface area contributed by atoms with Gasteiger partial charge in [0.1, 0.15) is 24.1 Å². The van der Waals surface area contributed by atoms with E-state index in [4.69, 9.17) is 14.2 Å². The largest absolute Gasteiger partial charge is 0.490 e. The summed E-state index contributed by atoms with van der Waals surface area (Å²) in [7, 11) is 0. The van der Waals surface area contributed by atoms with E-state index < -0.39 is 11.2 Å². The van der Waals surface area contributed by atoms with Gasteiger partial charge in [-0.2, -0.15) is 0 Å². The Morgan fingerprint density at radius 2 is 1.49 bits per heavy atom. The molecule has 0 unspecified atom stereocenters. The molecule has 2 aromatic rings. The average molecular weight is 511 g/mol. The molecule has 4 rings (SSSR count). The van der Waals surface area contributed by atoms with Gasteiger partial charge < -0.3 is 29.1 Å². The predicted octanol–water partition coefficient (Wildman–Crippen LogP) is 5.09. The van der Waals surface area contributed by atoms with Gasteiger partial charge in [0.15, 0.2) is 0 Å². The summed E-state index contributed by atoms with van der Waals surface area (Å²) in [5.74, 6) is 0.741. The number of nitrogens with zero attached hydrogens (tertiary/aromatic N) is 2. The molecule has 8 nitrogen and oxygen atoms in total. The topological polar surface area (TPSA) is 88.5 Å². The van der Waals surface area contributed by atoms with Crippen molar-refractivity contribution >= 4 is 12.2 Å². The number of carbonyl (C=O) groups is 2. The molecular weight excluding hydrogens is 472 g/mol. The van der Waals surface area contributed by atoms with Crippen LogP contribution < -0.4 is 4.74 Å². The Balaban J connectivity index is 1.22. The standard InChI is InChI=1S/C29H38N2O6/c1-28(2,3)37-27(33)30-17-13-25(14-18-30)36-24-11-9-23(10-12-24)29(34)15-19-31(20-16-29)26(32)35-21-22-7-5-4-6-8-22/h4-12,25,34H,13-21H2,1-3H3. The summed E-state index contributed by atoms with van der Waals surface area (Å²) in [6.07, 6.45) is 1.75. The van der Waals surface area contributed by atoms with Crippen molar-refractivity contribution in [3.63, 3.8) is 0 Å². The lowest BCUT2D eigenvalue weighted by Gasteiger charge is -2.38. The van der Waals surface area contributed by atoms with Gasteiger partial charge in [-0.1, -0.05) is 42.5 Å². The summed E-state index contributed by atoms with van der Waals surface area (Å²) >= 11 is 0. The third kappa shape index (κ3) is 7.38. The highest BCUT2D eigenvalue weighted by Gasteiger charge is 2.36. The minimum Gasteiger partial charge on any atom is -0.490 e. The quantitative estimate of drug-likeness (QED) is 0.603. The normalized spacial score (nSPS) is 18.3. The fourth-order valence-electron chi connectivity index (χ4n) is 4.68. The van der Waals surface area contributed by atoms with Gasteiger partial charge in [0.25, 0.3) is 0 Å². The van der Waals surface area contributed by atoms with Crippen LogP contribution in [0.3, 0.4) is 0 Å². The van der Waals surface area contributed by atoms with E-state index in [1.807, 2.05) is 75.4 Å². The van der Waals surface area contributed by atoms with E-state index >= 15 is 0 Å². The SMILES string of the molecule is CC(C)(C)OC(=O)N1CCC(Oc2ccc(C3(O)CCN(C(=O)OCc4ccccc4)CC3)cc2)CC1. The Morgan fingerprint density at radius 1 is 0.892 bits per heavy atom. The van der Waals surface area contributed by atoms with Crippen LogP contribution in [0.2, 0.25) is 0 Å². The van der Waals surface area contributed by atoms with E-state index in [0.717, 1.165) is 29.7 Å². The van der Waals surface area contributed by atoms with Crippen LogP contribution in [0.15, 0.2) is 54.6 Å². The zero-order valence-electron chi connectivity index (χ0n) is 22.0. The number of carbonyl (C=O) groups excluding carboxylic acids is 2. The highest BCUT2D eigenvalue weighted by atomic mass is 16.6. The van der Waals surface area contributed by atoms with Gasteiger partial charge in [-0.15, -0.1) is 0 Å². The number of piperidine rings is 2. The fraction of sp³-hybridized carbons (Fsp3) is 0.517. The highest BCUT2D eigenvalue weighted by molar-refractivity contribution is 5.68. The number of benzene rings is 2. The lowest BCUT2D eigenvalue weighted by Crippen LogP contribution is -2.45. The molecule has 0 saturated carbocycles.